The van der Waals surface area contributed by atoms with Crippen LogP contribution in [-0.4, -0.2) is 36.5 Å². The maximum absolute atomic E-state index is 12.6. The zero-order chi connectivity index (χ0) is 22.4. The lowest BCUT2D eigenvalue weighted by atomic mass is 10.2. The van der Waals surface area contributed by atoms with E-state index in [0.717, 1.165) is 0 Å². The quantitative estimate of drug-likeness (QED) is 0.547. The summed E-state index contributed by atoms with van der Waals surface area (Å²) in [6, 6.07) is 11.2. The van der Waals surface area contributed by atoms with E-state index in [2.05, 4.69) is 15.2 Å². The van der Waals surface area contributed by atoms with E-state index in [1.165, 1.54) is 37.1 Å². The van der Waals surface area contributed by atoms with Crippen LogP contribution in [0.25, 0.3) is 0 Å². The van der Waals surface area contributed by atoms with Crippen LogP contribution < -0.4 is 24.3 Å². The van der Waals surface area contributed by atoms with E-state index in [1.54, 1.807) is 37.4 Å². The van der Waals surface area contributed by atoms with Gasteiger partial charge in [0.05, 0.1) is 19.9 Å². The number of amides is 1. The van der Waals surface area contributed by atoms with Gasteiger partial charge in [0, 0.05) is 6.20 Å². The molecule has 0 fully saturated rings. The predicted octanol–water partition coefficient (Wildman–Crippen LogP) is 4.10. The maximum atomic E-state index is 12.6. The summed E-state index contributed by atoms with van der Waals surface area (Å²) in [6.07, 6.45) is 1.54. The van der Waals surface area contributed by atoms with Crippen LogP contribution in [0.5, 0.6) is 23.0 Å². The molecule has 3 aromatic rings. The molecule has 1 heterocycles. The van der Waals surface area contributed by atoms with E-state index in [-0.39, 0.29) is 23.9 Å². The molecule has 0 unspecified atom stereocenters. The van der Waals surface area contributed by atoms with Crippen molar-refractivity contribution < 1.29 is 32.5 Å². The summed E-state index contributed by atoms with van der Waals surface area (Å²) >= 11 is 0. The summed E-state index contributed by atoms with van der Waals surface area (Å²) in [5.74, 6) is 0.638. The molecular weight excluding hydrogens is 412 g/mol. The van der Waals surface area contributed by atoms with Crippen LogP contribution in [0.1, 0.15) is 16.1 Å². The number of nitrogens with one attached hydrogen (secondary N) is 1. The second-order valence-electron chi connectivity index (χ2n) is 6.34. The molecule has 164 valence electrons. The topological polar surface area (TPSA) is 83.8 Å². The first-order chi connectivity index (χ1) is 14.9. The number of alkyl halides is 2. The number of carbonyl (C=O) groups is 1. The fraction of sp³-hybridized carbons (Fsp3) is 0.238. The van der Waals surface area contributed by atoms with E-state index in [0.29, 0.717) is 22.8 Å². The van der Waals surface area contributed by atoms with Crippen molar-refractivity contribution in [2.45, 2.75) is 20.3 Å². The average molecular weight is 433 g/mol. The van der Waals surface area contributed by atoms with Crippen molar-refractivity contribution >= 4 is 11.6 Å². The Morgan fingerprint density at radius 2 is 1.81 bits per heavy atom. The first-order valence-corrected chi connectivity index (χ1v) is 9.15. The summed E-state index contributed by atoms with van der Waals surface area (Å²) in [5.41, 5.74) is 0.890. The molecule has 0 aliphatic carbocycles. The van der Waals surface area contributed by atoms with Gasteiger partial charge in [0.1, 0.15) is 5.75 Å². The lowest BCUT2D eigenvalue weighted by Crippen LogP contribution is -2.16. The maximum Gasteiger partial charge on any atom is 0.387 e. The van der Waals surface area contributed by atoms with Crippen LogP contribution in [0, 0.1) is 6.92 Å². The van der Waals surface area contributed by atoms with E-state index in [9.17, 15) is 13.6 Å². The van der Waals surface area contributed by atoms with Crippen LogP contribution in [0.15, 0.2) is 48.7 Å². The third kappa shape index (κ3) is 5.41. The number of anilines is 1. The number of nitrogens with zero attached hydrogens (tertiary/aromatic N) is 2. The van der Waals surface area contributed by atoms with Gasteiger partial charge in [-0.1, -0.05) is 12.1 Å². The minimum atomic E-state index is -3.01. The number of carbonyl (C=O) groups excluding carboxylic acids is 1. The Morgan fingerprint density at radius 3 is 2.45 bits per heavy atom. The third-order valence-corrected chi connectivity index (χ3v) is 4.20. The number of aromatic nitrogens is 2. The molecule has 0 saturated carbocycles. The Morgan fingerprint density at radius 1 is 1.10 bits per heavy atom. The van der Waals surface area contributed by atoms with Gasteiger partial charge < -0.3 is 24.3 Å². The lowest BCUT2D eigenvalue weighted by molar-refractivity contribution is -0.0494. The minimum absolute atomic E-state index is 0.0196. The number of halogens is 2. The normalized spacial score (nSPS) is 10.6. The molecule has 2 aromatic carbocycles. The zero-order valence-corrected chi connectivity index (χ0v) is 17.1. The summed E-state index contributed by atoms with van der Waals surface area (Å²) in [5, 5.41) is 6.68. The standard InChI is InChI=1S/C21H21F2N3O5/c1-13-7-8-14(18(11-13)31-21(22)23)24-20(27)15-9-10-26(25-15)12-30-19-16(28-2)5-4-6-17(19)29-3/h4-11,21H,12H2,1-3H3,(H,24,27). The molecule has 1 N–H and O–H groups in total. The molecule has 0 aliphatic heterocycles. The van der Waals surface area contributed by atoms with Crippen molar-refractivity contribution in [2.24, 2.45) is 0 Å². The van der Waals surface area contributed by atoms with Crippen molar-refractivity contribution in [3.8, 4) is 23.0 Å². The summed E-state index contributed by atoms with van der Waals surface area (Å²) in [6.45, 7) is -1.31. The highest BCUT2D eigenvalue weighted by molar-refractivity contribution is 6.03. The molecule has 31 heavy (non-hydrogen) atoms. The fourth-order valence-electron chi connectivity index (χ4n) is 2.76. The molecule has 0 saturated heterocycles. The van der Waals surface area contributed by atoms with Gasteiger partial charge in [0.25, 0.3) is 5.91 Å². The third-order valence-electron chi connectivity index (χ3n) is 4.20. The highest BCUT2D eigenvalue weighted by Crippen LogP contribution is 2.36. The molecule has 0 radical (unpaired) electrons. The van der Waals surface area contributed by atoms with Crippen molar-refractivity contribution in [1.82, 2.24) is 9.78 Å². The van der Waals surface area contributed by atoms with Gasteiger partial charge in [0.2, 0.25) is 5.75 Å². The van der Waals surface area contributed by atoms with Gasteiger partial charge in [-0.05, 0) is 42.8 Å². The molecule has 0 aliphatic rings. The lowest BCUT2D eigenvalue weighted by Gasteiger charge is -2.14. The Kier molecular flexibility index (Phi) is 6.91. The smallest absolute Gasteiger partial charge is 0.387 e. The summed E-state index contributed by atoms with van der Waals surface area (Å²) in [4.78, 5) is 12.5. The monoisotopic (exact) mass is 433 g/mol. The summed E-state index contributed by atoms with van der Waals surface area (Å²) in [7, 11) is 3.02. The van der Waals surface area contributed by atoms with E-state index < -0.39 is 12.5 Å². The van der Waals surface area contributed by atoms with Gasteiger partial charge in [-0.15, -0.1) is 0 Å². The zero-order valence-electron chi connectivity index (χ0n) is 17.1. The molecule has 3 rings (SSSR count). The van der Waals surface area contributed by atoms with Gasteiger partial charge in [-0.25, -0.2) is 4.68 Å². The molecule has 0 spiro atoms. The van der Waals surface area contributed by atoms with Gasteiger partial charge in [0.15, 0.2) is 23.9 Å². The fourth-order valence-corrected chi connectivity index (χ4v) is 2.76. The second-order valence-corrected chi connectivity index (χ2v) is 6.34. The van der Waals surface area contributed by atoms with Crippen molar-refractivity contribution in [3.05, 3.63) is 59.9 Å². The molecular formula is C21H21F2N3O5. The summed E-state index contributed by atoms with van der Waals surface area (Å²) < 4.78 is 47.4. The van der Waals surface area contributed by atoms with Crippen LogP contribution in [0.4, 0.5) is 14.5 Å². The Balaban J connectivity index is 1.70. The first-order valence-electron chi connectivity index (χ1n) is 9.15. The number of hydrogen-bond donors (Lipinski definition) is 1. The van der Waals surface area contributed by atoms with Crippen molar-refractivity contribution in [3.63, 3.8) is 0 Å². The SMILES string of the molecule is COc1cccc(OC)c1OCn1ccc(C(=O)Nc2ccc(C)cc2OC(F)F)n1. The molecule has 0 atom stereocenters. The van der Waals surface area contributed by atoms with Crippen molar-refractivity contribution in [1.29, 1.82) is 0 Å². The number of aryl methyl sites for hydroxylation is 1. The van der Waals surface area contributed by atoms with Crippen LogP contribution in [-0.2, 0) is 6.73 Å². The van der Waals surface area contributed by atoms with Crippen molar-refractivity contribution in [2.75, 3.05) is 19.5 Å². The molecule has 8 nitrogen and oxygen atoms in total. The first kappa shape index (κ1) is 21.9. The Hall–Kier alpha value is -3.82. The molecule has 1 aromatic heterocycles. The largest absolute Gasteiger partial charge is 0.493 e. The number of hydrogen-bond acceptors (Lipinski definition) is 6. The molecule has 10 heteroatoms. The Labute approximate surface area is 177 Å². The minimum Gasteiger partial charge on any atom is -0.493 e. The number of methoxy groups -OCH3 is 2. The van der Waals surface area contributed by atoms with E-state index >= 15 is 0 Å². The molecule has 1 amide bonds. The number of benzene rings is 2. The van der Waals surface area contributed by atoms with Crippen LogP contribution in [0.3, 0.4) is 0 Å². The Bertz CT molecular complexity index is 1030. The van der Waals surface area contributed by atoms with Gasteiger partial charge >= 0.3 is 6.61 Å². The highest BCUT2D eigenvalue weighted by Gasteiger charge is 2.16. The predicted molar refractivity (Wildman–Crippen MR) is 108 cm³/mol. The number of rotatable bonds is 9. The average Bonchev–Trinajstić information content (AvgIpc) is 3.22. The van der Waals surface area contributed by atoms with Gasteiger partial charge in [-0.2, -0.15) is 13.9 Å². The van der Waals surface area contributed by atoms with Crippen LogP contribution >= 0.6 is 0 Å². The van der Waals surface area contributed by atoms with Crippen LogP contribution in [0.2, 0.25) is 0 Å². The number of ether oxygens (including phenoxy) is 4. The van der Waals surface area contributed by atoms with Gasteiger partial charge in [-0.3, -0.25) is 4.79 Å². The second kappa shape index (κ2) is 9.79. The molecule has 0 bridgehead atoms. The number of para-hydroxylation sites is 1. The van der Waals surface area contributed by atoms with E-state index in [4.69, 9.17) is 14.2 Å². The highest BCUT2D eigenvalue weighted by atomic mass is 19.3. The van der Waals surface area contributed by atoms with E-state index in [1.807, 2.05) is 0 Å².